The van der Waals surface area contributed by atoms with E-state index in [1.54, 1.807) is 6.92 Å². The van der Waals surface area contributed by atoms with Gasteiger partial charge in [0, 0.05) is 6.42 Å². The van der Waals surface area contributed by atoms with Crippen LogP contribution >= 0.6 is 0 Å². The highest BCUT2D eigenvalue weighted by molar-refractivity contribution is 5.05. The van der Waals surface area contributed by atoms with Gasteiger partial charge in [-0.05, 0) is 19.9 Å². The van der Waals surface area contributed by atoms with E-state index in [0.717, 1.165) is 6.92 Å². The van der Waals surface area contributed by atoms with Gasteiger partial charge >= 0.3 is 6.18 Å². The summed E-state index contributed by atoms with van der Waals surface area (Å²) in [5.41, 5.74) is 0. The van der Waals surface area contributed by atoms with E-state index >= 15 is 0 Å². The quantitative estimate of drug-likeness (QED) is 0.602. The van der Waals surface area contributed by atoms with Gasteiger partial charge in [0.15, 0.2) is 0 Å². The molecular weight excluding hydrogens is 169 g/mol. The van der Waals surface area contributed by atoms with E-state index in [-0.39, 0.29) is 11.9 Å². The van der Waals surface area contributed by atoms with Crippen molar-refractivity contribution in [3.05, 3.63) is 11.8 Å². The highest BCUT2D eigenvalue weighted by atomic mass is 19.4. The van der Waals surface area contributed by atoms with Crippen molar-refractivity contribution in [3.8, 4) is 0 Å². The zero-order valence-corrected chi connectivity index (χ0v) is 6.98. The normalized spacial score (nSPS) is 26.4. The largest absolute Gasteiger partial charge is 0.494 e. The van der Waals surface area contributed by atoms with E-state index in [0.29, 0.717) is 6.42 Å². The number of alkyl halides is 3. The molecule has 0 radical (unpaired) electrons. The van der Waals surface area contributed by atoms with Crippen LogP contribution in [0.5, 0.6) is 0 Å². The zero-order chi connectivity index (χ0) is 9.35. The van der Waals surface area contributed by atoms with Crippen molar-refractivity contribution >= 4 is 0 Å². The molecule has 1 unspecified atom stereocenters. The molecule has 0 spiro atoms. The second-order valence-electron chi connectivity index (χ2n) is 3.03. The maximum atomic E-state index is 12.1. The third kappa shape index (κ3) is 1.93. The minimum absolute atomic E-state index is 0.0648. The lowest BCUT2D eigenvalue weighted by Crippen LogP contribution is -2.22. The van der Waals surface area contributed by atoms with E-state index in [2.05, 4.69) is 0 Å². The Kier molecular flexibility index (Phi) is 2.35. The summed E-state index contributed by atoms with van der Waals surface area (Å²) in [6.45, 7) is 2.87. The SMILES string of the molecule is CC(C1=CC[C@H](C)O1)C(F)(F)F. The Labute approximate surface area is 69.2 Å². The molecule has 1 aliphatic rings. The molecule has 1 rings (SSSR count). The van der Waals surface area contributed by atoms with Crippen LogP contribution in [0.3, 0.4) is 0 Å². The molecule has 1 heterocycles. The van der Waals surface area contributed by atoms with Crippen LogP contribution in [-0.2, 0) is 4.74 Å². The average molecular weight is 180 g/mol. The standard InChI is InChI=1S/C8H11F3O/c1-5-3-4-7(12-5)6(2)8(9,10)11/h4-6H,3H2,1-2H3/t5-,6?/m0/s1. The maximum Gasteiger partial charge on any atom is 0.398 e. The van der Waals surface area contributed by atoms with Gasteiger partial charge in [-0.2, -0.15) is 13.2 Å². The van der Waals surface area contributed by atoms with Crippen molar-refractivity contribution in [3.63, 3.8) is 0 Å². The Hall–Kier alpha value is -0.670. The lowest BCUT2D eigenvalue weighted by Gasteiger charge is -2.17. The Morgan fingerprint density at radius 1 is 1.58 bits per heavy atom. The minimum Gasteiger partial charge on any atom is -0.494 e. The number of hydrogen-bond donors (Lipinski definition) is 0. The summed E-state index contributed by atoms with van der Waals surface area (Å²) >= 11 is 0. The molecule has 0 aromatic rings. The average Bonchev–Trinajstić information content (AvgIpc) is 2.32. The second-order valence-corrected chi connectivity index (χ2v) is 3.03. The molecule has 4 heteroatoms. The monoisotopic (exact) mass is 180 g/mol. The summed E-state index contributed by atoms with van der Waals surface area (Å²) in [5.74, 6) is -1.41. The molecule has 0 aliphatic carbocycles. The molecule has 1 aliphatic heterocycles. The minimum atomic E-state index is -4.18. The van der Waals surface area contributed by atoms with Crippen molar-refractivity contribution in [1.29, 1.82) is 0 Å². The smallest absolute Gasteiger partial charge is 0.398 e. The van der Waals surface area contributed by atoms with Gasteiger partial charge in [0.25, 0.3) is 0 Å². The van der Waals surface area contributed by atoms with Crippen molar-refractivity contribution in [2.75, 3.05) is 0 Å². The Morgan fingerprint density at radius 3 is 2.50 bits per heavy atom. The summed E-state index contributed by atoms with van der Waals surface area (Å²) in [5, 5.41) is 0. The number of halogens is 3. The number of hydrogen-bond acceptors (Lipinski definition) is 1. The first-order valence-corrected chi connectivity index (χ1v) is 3.84. The molecule has 0 aromatic heterocycles. The molecule has 2 atom stereocenters. The van der Waals surface area contributed by atoms with E-state index in [9.17, 15) is 13.2 Å². The maximum absolute atomic E-state index is 12.1. The number of allylic oxidation sites excluding steroid dienone is 1. The van der Waals surface area contributed by atoms with Crippen LogP contribution in [0.1, 0.15) is 20.3 Å². The van der Waals surface area contributed by atoms with Crippen molar-refractivity contribution in [1.82, 2.24) is 0 Å². The molecule has 0 fully saturated rings. The van der Waals surface area contributed by atoms with Crippen LogP contribution < -0.4 is 0 Å². The van der Waals surface area contributed by atoms with Crippen LogP contribution in [0.2, 0.25) is 0 Å². The fraction of sp³-hybridized carbons (Fsp3) is 0.750. The molecule has 0 aromatic carbocycles. The van der Waals surface area contributed by atoms with Gasteiger partial charge in [-0.25, -0.2) is 0 Å². The van der Waals surface area contributed by atoms with Crippen LogP contribution in [0.25, 0.3) is 0 Å². The lowest BCUT2D eigenvalue weighted by molar-refractivity contribution is -0.169. The molecule has 12 heavy (non-hydrogen) atoms. The fourth-order valence-corrected chi connectivity index (χ4v) is 1.05. The molecular formula is C8H11F3O. The molecule has 0 N–H and O–H groups in total. The summed E-state index contributed by atoms with van der Waals surface area (Å²) in [7, 11) is 0. The third-order valence-corrected chi connectivity index (χ3v) is 1.91. The van der Waals surface area contributed by atoms with Crippen molar-refractivity contribution in [2.24, 2.45) is 5.92 Å². The fourth-order valence-electron chi connectivity index (χ4n) is 1.05. The topological polar surface area (TPSA) is 9.23 Å². The summed E-state index contributed by atoms with van der Waals surface area (Å²) in [4.78, 5) is 0. The third-order valence-electron chi connectivity index (χ3n) is 1.91. The van der Waals surface area contributed by atoms with E-state index < -0.39 is 12.1 Å². The molecule has 0 bridgehead atoms. The van der Waals surface area contributed by atoms with Gasteiger partial charge in [0.2, 0.25) is 0 Å². The Balaban J connectivity index is 2.60. The van der Waals surface area contributed by atoms with Crippen molar-refractivity contribution < 1.29 is 17.9 Å². The predicted octanol–water partition coefficient (Wildman–Crippen LogP) is 2.88. The molecule has 0 amide bonds. The Morgan fingerprint density at radius 2 is 2.17 bits per heavy atom. The lowest BCUT2D eigenvalue weighted by atomic mass is 10.1. The van der Waals surface area contributed by atoms with Gasteiger partial charge in [0.05, 0.1) is 6.10 Å². The Bertz CT molecular complexity index is 195. The molecule has 0 saturated heterocycles. The van der Waals surface area contributed by atoms with Crippen LogP contribution in [0.15, 0.2) is 11.8 Å². The molecule has 1 nitrogen and oxygen atoms in total. The second kappa shape index (κ2) is 2.99. The summed E-state index contributed by atoms with van der Waals surface area (Å²) in [6, 6.07) is 0. The zero-order valence-electron chi connectivity index (χ0n) is 6.98. The van der Waals surface area contributed by atoms with E-state index in [1.165, 1.54) is 6.08 Å². The van der Waals surface area contributed by atoms with Gasteiger partial charge in [-0.15, -0.1) is 0 Å². The highest BCUT2D eigenvalue weighted by Crippen LogP contribution is 2.35. The predicted molar refractivity (Wildman–Crippen MR) is 38.5 cm³/mol. The summed E-state index contributed by atoms with van der Waals surface area (Å²) in [6.07, 6.45) is -2.20. The van der Waals surface area contributed by atoms with Gasteiger partial charge in [-0.1, -0.05) is 0 Å². The van der Waals surface area contributed by atoms with Gasteiger partial charge < -0.3 is 4.74 Å². The van der Waals surface area contributed by atoms with Crippen LogP contribution in [0.4, 0.5) is 13.2 Å². The molecule has 70 valence electrons. The van der Waals surface area contributed by atoms with E-state index in [4.69, 9.17) is 4.74 Å². The van der Waals surface area contributed by atoms with E-state index in [1.807, 2.05) is 0 Å². The highest BCUT2D eigenvalue weighted by Gasteiger charge is 2.40. The first-order valence-electron chi connectivity index (χ1n) is 3.84. The summed E-state index contributed by atoms with van der Waals surface area (Å²) < 4.78 is 41.3. The van der Waals surface area contributed by atoms with Crippen molar-refractivity contribution in [2.45, 2.75) is 32.5 Å². The van der Waals surface area contributed by atoms with Gasteiger partial charge in [-0.3, -0.25) is 0 Å². The van der Waals surface area contributed by atoms with Crippen LogP contribution in [-0.4, -0.2) is 12.3 Å². The van der Waals surface area contributed by atoms with Crippen LogP contribution in [0, 0.1) is 5.92 Å². The first-order chi connectivity index (χ1) is 5.41. The molecule has 0 saturated carbocycles. The van der Waals surface area contributed by atoms with Gasteiger partial charge in [0.1, 0.15) is 11.7 Å². The number of ether oxygens (including phenoxy) is 1. The first kappa shape index (κ1) is 9.42. The number of rotatable bonds is 1.